The number of benzene rings is 3. The standard InChI is InChI=1S/C29H29N3O4S/c1-19-13-20(2)15-21(14-19)29(34)30-9-10-32-17-27(23-5-3-4-6-24(23)32)37-18-28(33)31-22-7-8-25-26(16-22)36-12-11-35-25/h3-8,13-17H,9-12,18H2,1-2H3,(H,30,34)(H,31,33). The van der Waals surface area contributed by atoms with E-state index < -0.39 is 0 Å². The van der Waals surface area contributed by atoms with Crippen molar-refractivity contribution in [3.63, 3.8) is 0 Å². The van der Waals surface area contributed by atoms with E-state index in [2.05, 4.69) is 39.6 Å². The van der Waals surface area contributed by atoms with Crippen LogP contribution in [-0.2, 0) is 11.3 Å². The van der Waals surface area contributed by atoms with Crippen LogP contribution < -0.4 is 20.1 Å². The van der Waals surface area contributed by atoms with Gasteiger partial charge < -0.3 is 24.7 Å². The lowest BCUT2D eigenvalue weighted by Crippen LogP contribution is -2.27. The molecule has 0 atom stereocenters. The van der Waals surface area contributed by atoms with Crippen LogP contribution in [0.25, 0.3) is 10.9 Å². The number of thioether (sulfide) groups is 1. The maximum absolute atomic E-state index is 12.7. The molecule has 0 saturated carbocycles. The van der Waals surface area contributed by atoms with Crippen LogP contribution in [0.2, 0.25) is 0 Å². The number of amides is 2. The normalized spacial score (nSPS) is 12.4. The first-order chi connectivity index (χ1) is 18.0. The molecule has 1 aliphatic heterocycles. The van der Waals surface area contributed by atoms with Gasteiger partial charge in [-0.1, -0.05) is 35.4 Å². The predicted octanol–water partition coefficient (Wildman–Crippen LogP) is 5.19. The van der Waals surface area contributed by atoms with E-state index in [-0.39, 0.29) is 17.6 Å². The SMILES string of the molecule is Cc1cc(C)cc(C(=O)NCCn2cc(SCC(=O)Nc3ccc4c(c3)OCCO4)c3ccccc32)c1. The molecule has 0 spiro atoms. The molecule has 190 valence electrons. The van der Waals surface area contributed by atoms with E-state index in [1.165, 1.54) is 11.8 Å². The number of aromatic nitrogens is 1. The number of hydrogen-bond acceptors (Lipinski definition) is 5. The summed E-state index contributed by atoms with van der Waals surface area (Å²) in [6, 6.07) is 19.4. The van der Waals surface area contributed by atoms with E-state index in [0.717, 1.165) is 26.9 Å². The molecule has 0 bridgehead atoms. The number of carbonyl (C=O) groups is 2. The smallest absolute Gasteiger partial charge is 0.251 e. The highest BCUT2D eigenvalue weighted by atomic mass is 32.2. The molecule has 4 aromatic rings. The van der Waals surface area contributed by atoms with Gasteiger partial charge in [0.2, 0.25) is 5.91 Å². The fourth-order valence-corrected chi connectivity index (χ4v) is 5.36. The molecule has 2 N–H and O–H groups in total. The van der Waals surface area contributed by atoms with E-state index >= 15 is 0 Å². The van der Waals surface area contributed by atoms with Crippen LogP contribution in [0.1, 0.15) is 21.5 Å². The number of aryl methyl sites for hydroxylation is 2. The quantitative estimate of drug-likeness (QED) is 0.316. The third kappa shape index (κ3) is 5.91. The molecule has 0 aliphatic carbocycles. The summed E-state index contributed by atoms with van der Waals surface area (Å²) in [6.07, 6.45) is 2.05. The number of rotatable bonds is 8. The Morgan fingerprint density at radius 2 is 1.70 bits per heavy atom. The molecule has 7 nitrogen and oxygen atoms in total. The van der Waals surface area contributed by atoms with Gasteiger partial charge in [-0.05, 0) is 44.2 Å². The summed E-state index contributed by atoms with van der Waals surface area (Å²) in [5.41, 5.74) is 4.56. The van der Waals surface area contributed by atoms with Gasteiger partial charge in [0.1, 0.15) is 13.2 Å². The van der Waals surface area contributed by atoms with Crippen LogP contribution in [0.5, 0.6) is 11.5 Å². The summed E-state index contributed by atoms with van der Waals surface area (Å²) in [6.45, 7) is 6.14. The number of ether oxygens (including phenoxy) is 2. The van der Waals surface area contributed by atoms with Crippen molar-refractivity contribution in [2.24, 2.45) is 0 Å². The van der Waals surface area contributed by atoms with Gasteiger partial charge in [0.25, 0.3) is 5.91 Å². The van der Waals surface area contributed by atoms with Crippen molar-refractivity contribution >= 4 is 40.2 Å². The lowest BCUT2D eigenvalue weighted by Gasteiger charge is -2.19. The Hall–Kier alpha value is -3.91. The number of para-hydroxylation sites is 1. The second kappa shape index (κ2) is 11.0. The number of nitrogens with one attached hydrogen (secondary N) is 2. The number of nitrogens with zero attached hydrogens (tertiary/aromatic N) is 1. The Morgan fingerprint density at radius 1 is 0.946 bits per heavy atom. The summed E-state index contributed by atoms with van der Waals surface area (Å²) in [7, 11) is 0. The molecule has 1 aromatic heterocycles. The van der Waals surface area contributed by atoms with Gasteiger partial charge in [0.05, 0.1) is 5.75 Å². The minimum Gasteiger partial charge on any atom is -0.486 e. The summed E-state index contributed by atoms with van der Waals surface area (Å²) >= 11 is 1.49. The molecule has 3 aromatic carbocycles. The molecule has 2 heterocycles. The largest absolute Gasteiger partial charge is 0.486 e. The molecule has 0 unspecified atom stereocenters. The predicted molar refractivity (Wildman–Crippen MR) is 147 cm³/mol. The maximum atomic E-state index is 12.7. The zero-order valence-electron chi connectivity index (χ0n) is 20.9. The summed E-state index contributed by atoms with van der Waals surface area (Å²) in [5.74, 6) is 1.43. The monoisotopic (exact) mass is 515 g/mol. The zero-order valence-corrected chi connectivity index (χ0v) is 21.7. The topological polar surface area (TPSA) is 81.6 Å². The first kappa shape index (κ1) is 24.8. The van der Waals surface area contributed by atoms with Crippen molar-refractivity contribution in [2.75, 3.05) is 30.8 Å². The van der Waals surface area contributed by atoms with Crippen LogP contribution in [0.4, 0.5) is 5.69 Å². The summed E-state index contributed by atoms with van der Waals surface area (Å²) < 4.78 is 13.3. The lowest BCUT2D eigenvalue weighted by molar-refractivity contribution is -0.113. The van der Waals surface area contributed by atoms with Gasteiger partial charge in [0.15, 0.2) is 11.5 Å². The van der Waals surface area contributed by atoms with Gasteiger partial charge in [-0.2, -0.15) is 0 Å². The fourth-order valence-electron chi connectivity index (χ4n) is 4.47. The van der Waals surface area contributed by atoms with Crippen LogP contribution in [-0.4, -0.2) is 41.9 Å². The van der Waals surface area contributed by atoms with Crippen LogP contribution >= 0.6 is 11.8 Å². The number of hydrogen-bond donors (Lipinski definition) is 2. The van der Waals surface area contributed by atoms with E-state index in [9.17, 15) is 9.59 Å². The van der Waals surface area contributed by atoms with Crippen molar-refractivity contribution in [3.8, 4) is 11.5 Å². The minimum absolute atomic E-state index is 0.0753. The Bertz CT molecular complexity index is 1440. The zero-order chi connectivity index (χ0) is 25.8. The van der Waals surface area contributed by atoms with Crippen molar-refractivity contribution in [1.29, 1.82) is 0 Å². The number of carbonyl (C=O) groups excluding carboxylic acids is 2. The fraction of sp³-hybridized carbons (Fsp3) is 0.241. The van der Waals surface area contributed by atoms with E-state index in [1.807, 2.05) is 50.2 Å². The molecule has 8 heteroatoms. The molecule has 1 aliphatic rings. The molecule has 0 radical (unpaired) electrons. The molecule has 37 heavy (non-hydrogen) atoms. The third-order valence-corrected chi connectivity index (χ3v) is 7.10. The summed E-state index contributed by atoms with van der Waals surface area (Å²) in [4.78, 5) is 26.3. The van der Waals surface area contributed by atoms with E-state index in [0.29, 0.717) is 49.1 Å². The molecule has 0 saturated heterocycles. The van der Waals surface area contributed by atoms with Crippen molar-refractivity contribution < 1.29 is 19.1 Å². The average molecular weight is 516 g/mol. The Labute approximate surface area is 220 Å². The first-order valence-electron chi connectivity index (χ1n) is 12.2. The van der Waals surface area contributed by atoms with Gasteiger partial charge in [0, 0.05) is 52.4 Å². The van der Waals surface area contributed by atoms with Crippen molar-refractivity contribution in [3.05, 3.63) is 83.6 Å². The molecule has 2 amide bonds. The highest BCUT2D eigenvalue weighted by Gasteiger charge is 2.15. The second-order valence-corrected chi connectivity index (χ2v) is 10.0. The van der Waals surface area contributed by atoms with Crippen molar-refractivity contribution in [1.82, 2.24) is 9.88 Å². The van der Waals surface area contributed by atoms with Gasteiger partial charge in [-0.15, -0.1) is 11.8 Å². The van der Waals surface area contributed by atoms with Gasteiger partial charge in [-0.3, -0.25) is 9.59 Å². The Morgan fingerprint density at radius 3 is 2.51 bits per heavy atom. The van der Waals surface area contributed by atoms with Crippen LogP contribution in [0.3, 0.4) is 0 Å². The van der Waals surface area contributed by atoms with Crippen molar-refractivity contribution in [2.45, 2.75) is 25.3 Å². The number of fused-ring (bicyclic) bond motifs is 2. The minimum atomic E-state index is -0.0979. The highest BCUT2D eigenvalue weighted by molar-refractivity contribution is 8.00. The Balaban J connectivity index is 1.20. The number of anilines is 1. The molecular formula is C29H29N3O4S. The van der Waals surface area contributed by atoms with Crippen LogP contribution in [0.15, 0.2) is 71.8 Å². The van der Waals surface area contributed by atoms with E-state index in [4.69, 9.17) is 9.47 Å². The highest BCUT2D eigenvalue weighted by Crippen LogP contribution is 2.33. The van der Waals surface area contributed by atoms with Gasteiger partial charge in [-0.25, -0.2) is 0 Å². The molecule has 5 rings (SSSR count). The average Bonchev–Trinajstić information content (AvgIpc) is 3.24. The van der Waals surface area contributed by atoms with Gasteiger partial charge >= 0.3 is 0 Å². The maximum Gasteiger partial charge on any atom is 0.251 e. The third-order valence-electron chi connectivity index (χ3n) is 6.06. The van der Waals surface area contributed by atoms with E-state index in [1.54, 1.807) is 6.07 Å². The second-order valence-electron chi connectivity index (χ2n) is 9.03. The molecule has 0 fully saturated rings. The first-order valence-corrected chi connectivity index (χ1v) is 13.2. The summed E-state index contributed by atoms with van der Waals surface area (Å²) in [5, 5.41) is 7.05. The lowest BCUT2D eigenvalue weighted by atomic mass is 10.1. The molecular weight excluding hydrogens is 486 g/mol. The Kier molecular flexibility index (Phi) is 7.37. The van der Waals surface area contributed by atoms with Crippen LogP contribution in [0, 0.1) is 13.8 Å².